The number of ether oxygens (including phenoxy) is 1. The maximum Gasteiger partial charge on any atom is 0.573 e. The lowest BCUT2D eigenvalue weighted by molar-refractivity contribution is -0.274. The van der Waals surface area contributed by atoms with E-state index in [2.05, 4.69) is 9.72 Å². The molecule has 2 aromatic rings. The summed E-state index contributed by atoms with van der Waals surface area (Å²) >= 11 is 5.93. The quantitative estimate of drug-likeness (QED) is 0.791. The SMILES string of the molecule is N#CCc1ccc(-c2cccc(OC(F)(F)F)c2)nc1Cl. The van der Waals surface area contributed by atoms with Crippen molar-refractivity contribution in [2.45, 2.75) is 12.8 Å². The molecule has 0 saturated heterocycles. The standard InChI is InChI=1S/C14H8ClF3N2O/c15-13-9(6-7-19)4-5-12(20-13)10-2-1-3-11(8-10)21-14(16,17)18/h1-5,8H,6H2. The molecule has 0 radical (unpaired) electrons. The van der Waals surface area contributed by atoms with Gasteiger partial charge < -0.3 is 4.74 Å². The summed E-state index contributed by atoms with van der Waals surface area (Å²) in [5, 5.41) is 8.76. The fraction of sp³-hybridized carbons (Fsp3) is 0.143. The fourth-order valence-corrected chi connectivity index (χ4v) is 1.91. The van der Waals surface area contributed by atoms with Crippen LogP contribution in [0.25, 0.3) is 11.3 Å². The average molecular weight is 313 g/mol. The Hall–Kier alpha value is -2.26. The normalized spacial score (nSPS) is 11.0. The molecule has 108 valence electrons. The summed E-state index contributed by atoms with van der Waals surface area (Å²) in [6.07, 6.45) is -4.64. The third-order valence-corrected chi connectivity index (χ3v) is 2.89. The van der Waals surface area contributed by atoms with Gasteiger partial charge in [-0.15, -0.1) is 13.2 Å². The van der Waals surface area contributed by atoms with Crippen molar-refractivity contribution in [2.75, 3.05) is 0 Å². The Morgan fingerprint density at radius 3 is 2.62 bits per heavy atom. The molecule has 0 saturated carbocycles. The molecular weight excluding hydrogens is 305 g/mol. The number of alkyl halides is 3. The van der Waals surface area contributed by atoms with Crippen LogP contribution in [-0.2, 0) is 6.42 Å². The van der Waals surface area contributed by atoms with Gasteiger partial charge in [-0.05, 0) is 18.2 Å². The Morgan fingerprint density at radius 1 is 1.24 bits per heavy atom. The van der Waals surface area contributed by atoms with Crippen LogP contribution in [0.3, 0.4) is 0 Å². The van der Waals surface area contributed by atoms with Crippen LogP contribution in [-0.4, -0.2) is 11.3 Å². The van der Waals surface area contributed by atoms with Crippen LogP contribution in [0.1, 0.15) is 5.56 Å². The van der Waals surface area contributed by atoms with Crippen LogP contribution in [0.5, 0.6) is 5.75 Å². The van der Waals surface area contributed by atoms with Gasteiger partial charge in [0.25, 0.3) is 0 Å². The van der Waals surface area contributed by atoms with Crippen molar-refractivity contribution in [2.24, 2.45) is 0 Å². The lowest BCUT2D eigenvalue weighted by atomic mass is 10.1. The van der Waals surface area contributed by atoms with Crippen LogP contribution in [0, 0.1) is 11.3 Å². The molecule has 0 amide bonds. The van der Waals surface area contributed by atoms with Gasteiger partial charge in [0.2, 0.25) is 0 Å². The predicted molar refractivity (Wildman–Crippen MR) is 70.7 cm³/mol. The van der Waals surface area contributed by atoms with E-state index in [1.807, 2.05) is 6.07 Å². The molecule has 0 bridgehead atoms. The van der Waals surface area contributed by atoms with Gasteiger partial charge in [0.15, 0.2) is 0 Å². The van der Waals surface area contributed by atoms with E-state index in [1.165, 1.54) is 18.2 Å². The Bertz CT molecular complexity index is 695. The Morgan fingerprint density at radius 2 is 2.00 bits per heavy atom. The highest BCUT2D eigenvalue weighted by atomic mass is 35.5. The number of aromatic nitrogens is 1. The number of nitriles is 1. The van der Waals surface area contributed by atoms with E-state index in [0.717, 1.165) is 0 Å². The van der Waals surface area contributed by atoms with Crippen molar-refractivity contribution in [3.05, 3.63) is 47.1 Å². The molecule has 0 fully saturated rings. The van der Waals surface area contributed by atoms with Gasteiger partial charge in [0.1, 0.15) is 10.9 Å². The summed E-state index contributed by atoms with van der Waals surface area (Å²) < 4.78 is 40.4. The van der Waals surface area contributed by atoms with Gasteiger partial charge in [0.05, 0.1) is 18.2 Å². The molecule has 1 aromatic heterocycles. The van der Waals surface area contributed by atoms with E-state index >= 15 is 0 Å². The smallest absolute Gasteiger partial charge is 0.406 e. The van der Waals surface area contributed by atoms with E-state index in [0.29, 0.717) is 16.8 Å². The molecule has 0 aliphatic carbocycles. The van der Waals surface area contributed by atoms with Crippen molar-refractivity contribution < 1.29 is 17.9 Å². The number of benzene rings is 1. The molecular formula is C14H8ClF3N2O. The van der Waals surface area contributed by atoms with Gasteiger partial charge in [0, 0.05) is 11.1 Å². The molecule has 7 heteroatoms. The minimum atomic E-state index is -4.75. The van der Waals surface area contributed by atoms with Gasteiger partial charge in [-0.25, -0.2) is 4.98 Å². The molecule has 1 aromatic carbocycles. The van der Waals surface area contributed by atoms with Gasteiger partial charge in [-0.3, -0.25) is 0 Å². The monoisotopic (exact) mass is 312 g/mol. The maximum atomic E-state index is 12.2. The first-order valence-electron chi connectivity index (χ1n) is 5.77. The molecule has 0 unspecified atom stereocenters. The number of halogens is 4. The zero-order valence-corrected chi connectivity index (χ0v) is 11.2. The third kappa shape index (κ3) is 4.10. The second-order valence-corrected chi connectivity index (χ2v) is 4.41. The zero-order valence-electron chi connectivity index (χ0n) is 10.5. The first-order valence-corrected chi connectivity index (χ1v) is 6.15. The van der Waals surface area contributed by atoms with Crippen molar-refractivity contribution in [3.63, 3.8) is 0 Å². The molecule has 0 aliphatic rings. The van der Waals surface area contributed by atoms with Crippen molar-refractivity contribution >= 4 is 11.6 Å². The predicted octanol–water partition coefficient (Wildman–Crippen LogP) is 4.37. The third-order valence-electron chi connectivity index (χ3n) is 2.56. The number of pyridine rings is 1. The molecule has 21 heavy (non-hydrogen) atoms. The lowest BCUT2D eigenvalue weighted by Gasteiger charge is -2.10. The van der Waals surface area contributed by atoms with E-state index in [-0.39, 0.29) is 17.3 Å². The van der Waals surface area contributed by atoms with Crippen molar-refractivity contribution in [1.82, 2.24) is 4.98 Å². The van der Waals surface area contributed by atoms with Crippen LogP contribution in [0.4, 0.5) is 13.2 Å². The van der Waals surface area contributed by atoms with Crippen LogP contribution in [0.15, 0.2) is 36.4 Å². The highest BCUT2D eigenvalue weighted by Crippen LogP contribution is 2.28. The van der Waals surface area contributed by atoms with Crippen LogP contribution in [0.2, 0.25) is 5.15 Å². The molecule has 1 heterocycles. The van der Waals surface area contributed by atoms with Gasteiger partial charge >= 0.3 is 6.36 Å². The minimum absolute atomic E-state index is 0.114. The molecule has 2 rings (SSSR count). The summed E-state index contributed by atoms with van der Waals surface area (Å²) in [5.41, 5.74) is 1.39. The molecule has 0 N–H and O–H groups in total. The fourth-order valence-electron chi connectivity index (χ4n) is 1.69. The molecule has 0 atom stereocenters. The first kappa shape index (κ1) is 15.1. The van der Waals surface area contributed by atoms with E-state index < -0.39 is 6.36 Å². The zero-order chi connectivity index (χ0) is 15.5. The molecule has 3 nitrogen and oxygen atoms in total. The van der Waals surface area contributed by atoms with Crippen LogP contribution >= 0.6 is 11.6 Å². The minimum Gasteiger partial charge on any atom is -0.406 e. The van der Waals surface area contributed by atoms with Crippen molar-refractivity contribution in [3.8, 4) is 23.1 Å². The van der Waals surface area contributed by atoms with E-state index in [4.69, 9.17) is 16.9 Å². The summed E-state index contributed by atoms with van der Waals surface area (Å²) in [5.74, 6) is -0.334. The van der Waals surface area contributed by atoms with E-state index in [9.17, 15) is 13.2 Å². The molecule has 0 spiro atoms. The highest BCUT2D eigenvalue weighted by molar-refractivity contribution is 6.30. The maximum absolute atomic E-state index is 12.2. The second kappa shape index (κ2) is 6.02. The van der Waals surface area contributed by atoms with Crippen molar-refractivity contribution in [1.29, 1.82) is 5.26 Å². The summed E-state index contributed by atoms with van der Waals surface area (Å²) in [7, 11) is 0. The Labute approximate surface area is 123 Å². The summed E-state index contributed by atoms with van der Waals surface area (Å²) in [6.45, 7) is 0. The Kier molecular flexibility index (Phi) is 4.34. The number of hydrogen-bond donors (Lipinski definition) is 0. The molecule has 0 aliphatic heterocycles. The Balaban J connectivity index is 2.32. The summed E-state index contributed by atoms with van der Waals surface area (Å²) in [4.78, 5) is 4.08. The number of rotatable bonds is 3. The summed E-state index contributed by atoms with van der Waals surface area (Å²) in [6, 6.07) is 10.6. The highest BCUT2D eigenvalue weighted by Gasteiger charge is 2.31. The average Bonchev–Trinajstić information content (AvgIpc) is 2.39. The number of hydrogen-bond acceptors (Lipinski definition) is 3. The largest absolute Gasteiger partial charge is 0.573 e. The van der Waals surface area contributed by atoms with Gasteiger partial charge in [-0.1, -0.05) is 29.8 Å². The number of nitrogens with zero attached hydrogens (tertiary/aromatic N) is 2. The second-order valence-electron chi connectivity index (χ2n) is 4.06. The van der Waals surface area contributed by atoms with E-state index in [1.54, 1.807) is 18.2 Å². The topological polar surface area (TPSA) is 45.9 Å². The first-order chi connectivity index (χ1) is 9.89. The van der Waals surface area contributed by atoms with Gasteiger partial charge in [-0.2, -0.15) is 5.26 Å². The lowest BCUT2D eigenvalue weighted by Crippen LogP contribution is -2.17. The van der Waals surface area contributed by atoms with Crippen LogP contribution < -0.4 is 4.74 Å².